The highest BCUT2D eigenvalue weighted by molar-refractivity contribution is 6.31. The molecule has 0 spiro atoms. The van der Waals surface area contributed by atoms with Gasteiger partial charge in [-0.25, -0.2) is 4.79 Å². The highest BCUT2D eigenvalue weighted by Gasteiger charge is 2.19. The van der Waals surface area contributed by atoms with Crippen LogP contribution in [0.3, 0.4) is 0 Å². The molecule has 0 aliphatic rings. The molecule has 0 saturated heterocycles. The number of halogens is 1. The highest BCUT2D eigenvalue weighted by atomic mass is 35.5. The van der Waals surface area contributed by atoms with Crippen molar-refractivity contribution < 1.29 is 19.4 Å². The molecule has 6 nitrogen and oxygen atoms in total. The van der Waals surface area contributed by atoms with Crippen LogP contribution in [0.5, 0.6) is 11.5 Å². The molecule has 3 aromatic carbocycles. The summed E-state index contributed by atoms with van der Waals surface area (Å²) in [5.74, 6) is 0.0793. The van der Waals surface area contributed by atoms with E-state index in [2.05, 4.69) is 0 Å². The fourth-order valence-electron chi connectivity index (χ4n) is 3.61. The van der Waals surface area contributed by atoms with Crippen LogP contribution in [-0.4, -0.2) is 34.6 Å². The Morgan fingerprint density at radius 2 is 1.73 bits per heavy atom. The molecule has 33 heavy (non-hydrogen) atoms. The second-order valence-electron chi connectivity index (χ2n) is 7.54. The first-order valence-corrected chi connectivity index (χ1v) is 10.7. The molecule has 168 valence electrons. The molecule has 1 N–H and O–H groups in total. The largest absolute Gasteiger partial charge is 0.496 e. The highest BCUT2D eigenvalue weighted by Crippen LogP contribution is 2.38. The topological polar surface area (TPSA) is 73.6 Å². The van der Waals surface area contributed by atoms with E-state index in [-0.39, 0.29) is 0 Å². The van der Waals surface area contributed by atoms with E-state index in [0.29, 0.717) is 28.6 Å². The van der Waals surface area contributed by atoms with Gasteiger partial charge >= 0.3 is 5.97 Å². The van der Waals surface area contributed by atoms with Crippen LogP contribution in [-0.2, 0) is 11.3 Å². The quantitative estimate of drug-likeness (QED) is 0.363. The molecule has 0 atom stereocenters. The lowest BCUT2D eigenvalue weighted by Crippen LogP contribution is -2.10. The summed E-state index contributed by atoms with van der Waals surface area (Å²) in [6.45, 7) is 1.92. The van der Waals surface area contributed by atoms with Gasteiger partial charge in [-0.1, -0.05) is 54.1 Å². The molecule has 0 fully saturated rings. The van der Waals surface area contributed by atoms with Gasteiger partial charge in [0.25, 0.3) is 0 Å². The van der Waals surface area contributed by atoms with Gasteiger partial charge in [0, 0.05) is 16.1 Å². The molecule has 0 unspecified atom stereocenters. The standard InChI is InChI=1S/C26H23ClN2O4/c1-17-12-25(33-16-26(30)31)20(13-21(17)27)22-14-23(19-10-6-7-11-24(19)32-2)29(28-22)15-18-8-4-3-5-9-18/h3-14H,15-16H2,1-2H3,(H,30,31). The molecule has 0 aliphatic carbocycles. The number of nitrogens with zero attached hydrogens (tertiary/aromatic N) is 2. The number of aliphatic carboxylic acids is 1. The number of carboxylic acids is 1. The van der Waals surface area contributed by atoms with Gasteiger partial charge in [0.05, 0.1) is 25.0 Å². The zero-order chi connectivity index (χ0) is 23.4. The summed E-state index contributed by atoms with van der Waals surface area (Å²) in [6, 6.07) is 23.2. The number of carboxylic acid groups (broad SMARTS) is 1. The number of methoxy groups -OCH3 is 1. The summed E-state index contributed by atoms with van der Waals surface area (Å²) < 4.78 is 13.1. The summed E-state index contributed by atoms with van der Waals surface area (Å²) in [5, 5.41) is 14.5. The average molecular weight is 463 g/mol. The minimum absolute atomic E-state index is 0.412. The molecule has 0 saturated carbocycles. The Morgan fingerprint density at radius 3 is 2.45 bits per heavy atom. The van der Waals surface area contributed by atoms with Gasteiger partial charge in [0.1, 0.15) is 11.5 Å². The molecule has 1 aromatic heterocycles. The van der Waals surface area contributed by atoms with Crippen molar-refractivity contribution in [1.82, 2.24) is 9.78 Å². The fraction of sp³-hybridized carbons (Fsp3) is 0.154. The van der Waals surface area contributed by atoms with Crippen LogP contribution >= 0.6 is 11.6 Å². The van der Waals surface area contributed by atoms with E-state index in [4.69, 9.17) is 31.3 Å². The first-order chi connectivity index (χ1) is 16.0. The number of aromatic nitrogens is 2. The van der Waals surface area contributed by atoms with E-state index in [1.165, 1.54) is 0 Å². The third-order valence-corrected chi connectivity index (χ3v) is 5.63. The van der Waals surface area contributed by atoms with Crippen molar-refractivity contribution >= 4 is 17.6 Å². The number of aryl methyl sites for hydroxylation is 1. The number of benzene rings is 3. The van der Waals surface area contributed by atoms with Gasteiger partial charge in [-0.3, -0.25) is 4.68 Å². The van der Waals surface area contributed by atoms with Crippen LogP contribution in [0.2, 0.25) is 5.02 Å². The zero-order valence-corrected chi connectivity index (χ0v) is 19.0. The summed E-state index contributed by atoms with van der Waals surface area (Å²) in [6.07, 6.45) is 0. The van der Waals surface area contributed by atoms with E-state index < -0.39 is 12.6 Å². The van der Waals surface area contributed by atoms with Gasteiger partial charge < -0.3 is 14.6 Å². The Morgan fingerprint density at radius 1 is 1.00 bits per heavy atom. The van der Waals surface area contributed by atoms with Gasteiger partial charge in [0.2, 0.25) is 0 Å². The van der Waals surface area contributed by atoms with Gasteiger partial charge in [-0.05, 0) is 48.4 Å². The lowest BCUT2D eigenvalue weighted by atomic mass is 10.1. The maximum atomic E-state index is 11.1. The lowest BCUT2D eigenvalue weighted by molar-refractivity contribution is -0.139. The van der Waals surface area contributed by atoms with E-state index in [0.717, 1.165) is 28.1 Å². The van der Waals surface area contributed by atoms with Crippen LogP contribution in [0.1, 0.15) is 11.1 Å². The van der Waals surface area contributed by atoms with Gasteiger partial charge in [-0.15, -0.1) is 0 Å². The predicted molar refractivity (Wildman–Crippen MR) is 128 cm³/mol. The molecule has 4 aromatic rings. The number of hydrogen-bond acceptors (Lipinski definition) is 4. The summed E-state index contributed by atoms with van der Waals surface area (Å²) in [7, 11) is 1.63. The van der Waals surface area contributed by atoms with Crippen molar-refractivity contribution in [3.8, 4) is 34.0 Å². The van der Waals surface area contributed by atoms with E-state index in [1.54, 1.807) is 19.2 Å². The van der Waals surface area contributed by atoms with Crippen molar-refractivity contribution in [2.45, 2.75) is 13.5 Å². The van der Waals surface area contributed by atoms with Crippen LogP contribution in [0.15, 0.2) is 72.8 Å². The zero-order valence-electron chi connectivity index (χ0n) is 18.3. The number of hydrogen-bond donors (Lipinski definition) is 1. The number of carbonyl (C=O) groups is 1. The molecular formula is C26H23ClN2O4. The van der Waals surface area contributed by atoms with Crippen molar-refractivity contribution in [2.75, 3.05) is 13.7 Å². The first-order valence-electron chi connectivity index (χ1n) is 10.4. The smallest absolute Gasteiger partial charge is 0.341 e. The Hall–Kier alpha value is -3.77. The first kappa shape index (κ1) is 22.4. The van der Waals surface area contributed by atoms with Crippen molar-refractivity contribution in [2.24, 2.45) is 0 Å². The van der Waals surface area contributed by atoms with Crippen molar-refractivity contribution in [3.63, 3.8) is 0 Å². The minimum atomic E-state index is -1.06. The molecule has 0 bridgehead atoms. The number of ether oxygens (including phenoxy) is 2. The summed E-state index contributed by atoms with van der Waals surface area (Å²) >= 11 is 6.41. The van der Waals surface area contributed by atoms with Crippen molar-refractivity contribution in [1.29, 1.82) is 0 Å². The molecule has 1 heterocycles. The Labute approximate surface area is 197 Å². The van der Waals surface area contributed by atoms with Crippen LogP contribution < -0.4 is 9.47 Å². The second kappa shape index (κ2) is 9.79. The Balaban J connectivity index is 1.87. The van der Waals surface area contributed by atoms with Crippen LogP contribution in [0.4, 0.5) is 0 Å². The van der Waals surface area contributed by atoms with Crippen molar-refractivity contribution in [3.05, 3.63) is 88.9 Å². The summed E-state index contributed by atoms with van der Waals surface area (Å²) in [4.78, 5) is 11.1. The van der Waals surface area contributed by atoms with Crippen LogP contribution in [0.25, 0.3) is 22.5 Å². The average Bonchev–Trinajstić information content (AvgIpc) is 3.23. The van der Waals surface area contributed by atoms with Gasteiger partial charge in [0.15, 0.2) is 6.61 Å². The third-order valence-electron chi connectivity index (χ3n) is 5.23. The minimum Gasteiger partial charge on any atom is -0.496 e. The monoisotopic (exact) mass is 462 g/mol. The molecule has 4 rings (SSSR count). The lowest BCUT2D eigenvalue weighted by Gasteiger charge is -2.11. The number of para-hydroxylation sites is 1. The normalized spacial score (nSPS) is 10.8. The van der Waals surface area contributed by atoms with E-state index >= 15 is 0 Å². The molecular weight excluding hydrogens is 440 g/mol. The Bertz CT molecular complexity index is 1280. The molecule has 0 amide bonds. The number of rotatable bonds is 8. The van der Waals surface area contributed by atoms with Gasteiger partial charge in [-0.2, -0.15) is 5.10 Å². The molecule has 0 radical (unpaired) electrons. The van der Waals surface area contributed by atoms with E-state index in [9.17, 15) is 4.79 Å². The predicted octanol–water partition coefficient (Wildman–Crippen LogP) is 5.70. The van der Waals surface area contributed by atoms with E-state index in [1.807, 2.05) is 72.3 Å². The Kier molecular flexibility index (Phi) is 6.66. The summed E-state index contributed by atoms with van der Waals surface area (Å²) in [5.41, 5.74) is 4.86. The third kappa shape index (κ3) is 5.02. The molecule has 7 heteroatoms. The second-order valence-corrected chi connectivity index (χ2v) is 7.95. The van der Waals surface area contributed by atoms with Crippen LogP contribution in [0, 0.1) is 6.92 Å². The SMILES string of the molecule is COc1ccccc1-c1cc(-c2cc(Cl)c(C)cc2OCC(=O)O)nn1Cc1ccccc1. The maximum Gasteiger partial charge on any atom is 0.341 e. The fourth-order valence-corrected chi connectivity index (χ4v) is 3.78. The maximum absolute atomic E-state index is 11.1. The molecule has 0 aliphatic heterocycles.